The van der Waals surface area contributed by atoms with Crippen molar-refractivity contribution in [3.8, 4) is 0 Å². The molecular formula is C68H148O3. The third kappa shape index (κ3) is 32.9. The van der Waals surface area contributed by atoms with Gasteiger partial charge in [-0.15, -0.1) is 0 Å². The van der Waals surface area contributed by atoms with Crippen LogP contribution in [0.15, 0.2) is 0 Å². The quantitative estimate of drug-likeness (QED) is 0.0621. The van der Waals surface area contributed by atoms with E-state index in [4.69, 9.17) is 14.2 Å². The van der Waals surface area contributed by atoms with Crippen LogP contribution >= 0.6 is 0 Å². The van der Waals surface area contributed by atoms with Crippen molar-refractivity contribution in [1.29, 1.82) is 0 Å². The first-order valence-corrected chi connectivity index (χ1v) is 32.3. The normalized spacial score (nSPS) is 12.5. The van der Waals surface area contributed by atoms with Gasteiger partial charge in [0.05, 0.1) is 39.6 Å². The van der Waals surface area contributed by atoms with Crippen molar-refractivity contribution in [1.82, 2.24) is 0 Å². The van der Waals surface area contributed by atoms with E-state index in [1.165, 1.54) is 154 Å². The van der Waals surface area contributed by atoms with Crippen LogP contribution < -0.4 is 0 Å². The van der Waals surface area contributed by atoms with Gasteiger partial charge in [-0.3, -0.25) is 0 Å². The molecule has 0 aromatic carbocycles. The minimum absolute atomic E-state index is 0.169. The van der Waals surface area contributed by atoms with Crippen molar-refractivity contribution in [2.24, 2.45) is 43.3 Å². The van der Waals surface area contributed by atoms with Gasteiger partial charge in [0.2, 0.25) is 0 Å². The van der Waals surface area contributed by atoms with Crippen LogP contribution in [0.1, 0.15) is 361 Å². The number of ether oxygens (including phenoxy) is 3. The minimum atomic E-state index is 0.169. The molecular weight excluding hydrogens is 865 g/mol. The molecule has 0 radical (unpaired) electrons. The molecule has 0 N–H and O–H groups in total. The Kier molecular flexibility index (Phi) is 55.9. The fourth-order valence-corrected chi connectivity index (χ4v) is 10.1. The number of hydrogen-bond acceptors (Lipinski definition) is 3. The lowest BCUT2D eigenvalue weighted by Crippen LogP contribution is -2.36. The van der Waals surface area contributed by atoms with Crippen LogP contribution in [0.25, 0.3) is 0 Å². The molecule has 0 heterocycles. The first-order valence-electron chi connectivity index (χ1n) is 32.3. The van der Waals surface area contributed by atoms with E-state index in [0.717, 1.165) is 52.5 Å². The van der Waals surface area contributed by atoms with E-state index >= 15 is 0 Å². The van der Waals surface area contributed by atoms with E-state index in [1.54, 1.807) is 0 Å². The summed E-state index contributed by atoms with van der Waals surface area (Å²) < 4.78 is 18.7. The minimum Gasteiger partial charge on any atom is -0.380 e. The first kappa shape index (κ1) is 82.2. The Labute approximate surface area is 456 Å². The summed E-state index contributed by atoms with van der Waals surface area (Å²) in [6.45, 7) is 69.3. The Balaban J connectivity index is -0.000000198. The van der Waals surface area contributed by atoms with Crippen molar-refractivity contribution in [2.45, 2.75) is 361 Å². The summed E-state index contributed by atoms with van der Waals surface area (Å²) in [6, 6.07) is 0. The van der Waals surface area contributed by atoms with Crippen molar-refractivity contribution >= 4 is 0 Å². The van der Waals surface area contributed by atoms with Crippen LogP contribution in [0.5, 0.6) is 0 Å². The van der Waals surface area contributed by atoms with Crippen LogP contribution in [0, 0.1) is 43.3 Å². The summed E-state index contributed by atoms with van der Waals surface area (Å²) in [4.78, 5) is 0. The molecule has 0 bridgehead atoms. The maximum Gasteiger partial charge on any atom is 0.0544 e. The van der Waals surface area contributed by atoms with Gasteiger partial charge >= 0.3 is 0 Å². The predicted molar refractivity (Wildman–Crippen MR) is 331 cm³/mol. The zero-order valence-electron chi connectivity index (χ0n) is 55.9. The zero-order valence-corrected chi connectivity index (χ0v) is 55.9. The fourth-order valence-electron chi connectivity index (χ4n) is 10.1. The van der Waals surface area contributed by atoms with Crippen LogP contribution in [0.2, 0.25) is 0 Å². The maximum atomic E-state index is 6.30. The highest BCUT2D eigenvalue weighted by molar-refractivity contribution is 4.82. The van der Waals surface area contributed by atoms with Gasteiger partial charge in [0, 0.05) is 5.41 Å². The molecule has 3 heteroatoms. The van der Waals surface area contributed by atoms with E-state index in [1.807, 2.05) is 0 Å². The number of hydrogen-bond donors (Lipinski definition) is 0. The molecule has 438 valence electrons. The second kappa shape index (κ2) is 48.3. The molecule has 0 amide bonds. The van der Waals surface area contributed by atoms with Crippen molar-refractivity contribution in [3.63, 3.8) is 0 Å². The molecule has 71 heavy (non-hydrogen) atoms. The molecule has 0 aromatic rings. The predicted octanol–water partition coefficient (Wildman–Crippen LogP) is 24.6. The standard InChI is InChI=1S/C23H48O2.C16H34O.2C9H20.C8H18.C3H8/c1-9-21(10-2,11-3)17-24-19-23(15-7,16-8)20-25-18-22(12-4,13-5)14-6;1-7-15(8-2,9-3)13-17-14-16(10-4,11-5)12-6;2*1-5-9(6-2,7-3)8-4;1-5-8(4,6-2)7-3;1-3-2/h9-20H2,1-8H3;7-14H2,1-6H3;2*5-8H2,1-4H3;5-7H2,1-4H3;3H2,1-2H3. The van der Waals surface area contributed by atoms with E-state index in [0.29, 0.717) is 37.9 Å². The van der Waals surface area contributed by atoms with Gasteiger partial charge in [-0.2, -0.15) is 0 Å². The van der Waals surface area contributed by atoms with E-state index in [2.05, 4.69) is 194 Å². The van der Waals surface area contributed by atoms with Gasteiger partial charge in [-0.25, -0.2) is 0 Å². The van der Waals surface area contributed by atoms with E-state index in [9.17, 15) is 0 Å². The molecule has 0 aliphatic rings. The van der Waals surface area contributed by atoms with Gasteiger partial charge in [0.1, 0.15) is 0 Å². The maximum absolute atomic E-state index is 6.30. The number of rotatable bonds is 37. The van der Waals surface area contributed by atoms with Crippen LogP contribution in [0.3, 0.4) is 0 Å². The van der Waals surface area contributed by atoms with Crippen molar-refractivity contribution in [3.05, 3.63) is 0 Å². The summed E-state index contributed by atoms with van der Waals surface area (Å²) in [7, 11) is 0. The molecule has 0 unspecified atom stereocenters. The summed E-state index contributed by atoms with van der Waals surface area (Å²) in [5.41, 5.74) is 3.68. The Morgan fingerprint density at radius 3 is 0.352 bits per heavy atom. The van der Waals surface area contributed by atoms with Crippen LogP contribution in [-0.4, -0.2) is 39.6 Å². The van der Waals surface area contributed by atoms with Crippen molar-refractivity contribution in [2.75, 3.05) is 39.6 Å². The monoisotopic (exact) mass is 1010 g/mol. The third-order valence-electron chi connectivity index (χ3n) is 21.5. The summed E-state index contributed by atoms with van der Waals surface area (Å²) in [6.07, 6.45) is 32.8. The van der Waals surface area contributed by atoms with Gasteiger partial charge < -0.3 is 14.2 Å². The Hall–Kier alpha value is -0.120. The smallest absolute Gasteiger partial charge is 0.0544 e. The third-order valence-corrected chi connectivity index (χ3v) is 21.5. The molecule has 0 spiro atoms. The van der Waals surface area contributed by atoms with Crippen LogP contribution in [-0.2, 0) is 14.2 Å². The highest BCUT2D eigenvalue weighted by atomic mass is 16.5. The molecule has 0 saturated carbocycles. The van der Waals surface area contributed by atoms with Gasteiger partial charge in [0.15, 0.2) is 0 Å². The van der Waals surface area contributed by atoms with Crippen molar-refractivity contribution < 1.29 is 14.2 Å². The Morgan fingerprint density at radius 2 is 0.282 bits per heavy atom. The molecule has 0 aromatic heterocycles. The molecule has 0 aliphatic heterocycles. The largest absolute Gasteiger partial charge is 0.380 e. The SMILES string of the molecule is CCC.CCC(C)(CC)CC.CCC(CC)(CC)CC.CCC(CC)(CC)CC.CCC(CC)(CC)COCC(CC)(CC)CC.CCC(CC)(CC)COCC(CC)(CC)COCC(CC)(CC)CC. The molecule has 3 nitrogen and oxygen atoms in total. The summed E-state index contributed by atoms with van der Waals surface area (Å²) >= 11 is 0. The van der Waals surface area contributed by atoms with Gasteiger partial charge in [-0.05, 0) is 128 Å². The lowest BCUT2D eigenvalue weighted by atomic mass is 9.78. The second-order valence-electron chi connectivity index (χ2n) is 23.3. The second-order valence-corrected chi connectivity index (χ2v) is 23.3. The summed E-state index contributed by atoms with van der Waals surface area (Å²) in [5.74, 6) is 0. The average molecular weight is 1010 g/mol. The molecule has 0 atom stereocenters. The lowest BCUT2D eigenvalue weighted by molar-refractivity contribution is -0.0693. The van der Waals surface area contributed by atoms with Gasteiger partial charge in [-0.1, -0.05) is 271 Å². The van der Waals surface area contributed by atoms with E-state index in [-0.39, 0.29) is 5.41 Å². The molecule has 0 rings (SSSR count). The fraction of sp³-hybridized carbons (Fsp3) is 1.00. The topological polar surface area (TPSA) is 27.7 Å². The Morgan fingerprint density at radius 1 is 0.169 bits per heavy atom. The zero-order chi connectivity index (χ0) is 56.7. The van der Waals surface area contributed by atoms with Gasteiger partial charge in [0.25, 0.3) is 0 Å². The van der Waals surface area contributed by atoms with E-state index < -0.39 is 0 Å². The lowest BCUT2D eigenvalue weighted by Gasteiger charge is -2.37. The average Bonchev–Trinajstić information content (AvgIpc) is 3.43. The molecule has 0 aliphatic carbocycles. The molecule has 0 fully saturated rings. The molecule has 0 saturated heterocycles. The highest BCUT2D eigenvalue weighted by Crippen LogP contribution is 2.38. The summed E-state index contributed by atoms with van der Waals surface area (Å²) in [5, 5.41) is 0. The van der Waals surface area contributed by atoms with Crippen LogP contribution in [0.4, 0.5) is 0 Å². The first-order chi connectivity index (χ1) is 33.6. The Bertz CT molecular complexity index is 884. The highest BCUT2D eigenvalue weighted by Gasteiger charge is 2.33.